The molecule has 3 rings (SSSR count). The number of tetrazole rings is 1. The highest BCUT2D eigenvalue weighted by Gasteiger charge is 2.21. The summed E-state index contributed by atoms with van der Waals surface area (Å²) in [5.41, 5.74) is 1.01. The number of hydrogen-bond donors (Lipinski definition) is 2. The number of aromatic nitrogens is 4. The van der Waals surface area contributed by atoms with Gasteiger partial charge in [-0.2, -0.15) is 4.80 Å². The van der Waals surface area contributed by atoms with Crippen LogP contribution in [0.4, 0.5) is 17.3 Å². The number of nitrogens with one attached hydrogen (secondary N) is 2. The van der Waals surface area contributed by atoms with E-state index in [4.69, 9.17) is 17.0 Å². The van der Waals surface area contributed by atoms with Crippen LogP contribution in [0.5, 0.6) is 0 Å². The first-order valence-electron chi connectivity index (χ1n) is 8.57. The van der Waals surface area contributed by atoms with Gasteiger partial charge >= 0.3 is 0 Å². The lowest BCUT2D eigenvalue weighted by Crippen LogP contribution is -2.36. The molecule has 1 fully saturated rings. The summed E-state index contributed by atoms with van der Waals surface area (Å²) in [5.74, 6) is -0.359. The predicted octanol–water partition coefficient (Wildman–Crippen LogP) is 0.481. The highest BCUT2D eigenvalue weighted by molar-refractivity contribution is 7.80. The number of amides is 1. The van der Waals surface area contributed by atoms with Crippen molar-refractivity contribution in [2.45, 2.75) is 0 Å². The fraction of sp³-hybridized carbons (Fsp3) is 0.312. The third-order valence-corrected chi connectivity index (χ3v) is 4.15. The number of ether oxygens (including phenoxy) is 1. The Kier molecular flexibility index (Phi) is 6.41. The van der Waals surface area contributed by atoms with Crippen molar-refractivity contribution in [1.29, 1.82) is 0 Å². The van der Waals surface area contributed by atoms with Crippen molar-refractivity contribution < 1.29 is 14.5 Å². The fourth-order valence-electron chi connectivity index (χ4n) is 2.65. The molecule has 29 heavy (non-hydrogen) atoms. The van der Waals surface area contributed by atoms with Crippen molar-refractivity contribution in [2.24, 2.45) is 7.05 Å². The smallest absolute Gasteiger partial charge is 0.293 e. The molecule has 2 N–H and O–H groups in total. The zero-order valence-electron chi connectivity index (χ0n) is 15.4. The zero-order chi connectivity index (χ0) is 20.8. The highest BCUT2D eigenvalue weighted by atomic mass is 32.1. The predicted molar refractivity (Wildman–Crippen MR) is 108 cm³/mol. The van der Waals surface area contributed by atoms with E-state index in [0.717, 1.165) is 0 Å². The summed E-state index contributed by atoms with van der Waals surface area (Å²) >= 11 is 5.00. The molecule has 0 radical (unpaired) electrons. The number of rotatable bonds is 5. The van der Waals surface area contributed by atoms with Crippen LogP contribution in [0.1, 0.15) is 5.56 Å². The largest absolute Gasteiger partial charge is 0.378 e. The van der Waals surface area contributed by atoms with Gasteiger partial charge in [-0.05, 0) is 35.1 Å². The maximum Gasteiger partial charge on any atom is 0.293 e. The topological polar surface area (TPSA) is 140 Å². The van der Waals surface area contributed by atoms with E-state index in [1.165, 1.54) is 23.0 Å². The molecule has 13 heteroatoms. The van der Waals surface area contributed by atoms with Crippen molar-refractivity contribution in [3.63, 3.8) is 0 Å². The van der Waals surface area contributed by atoms with Crippen molar-refractivity contribution in [1.82, 2.24) is 25.5 Å². The van der Waals surface area contributed by atoms with Crippen LogP contribution in [-0.4, -0.2) is 62.5 Å². The molecular weight excluding hydrogens is 400 g/mol. The minimum atomic E-state index is -0.508. The molecule has 0 bridgehead atoms. The number of nitrogens with zero attached hydrogens (tertiary/aromatic N) is 6. The Hall–Kier alpha value is -3.45. The Morgan fingerprint density at radius 1 is 1.38 bits per heavy atom. The third kappa shape index (κ3) is 5.52. The van der Waals surface area contributed by atoms with Crippen LogP contribution >= 0.6 is 12.2 Å². The molecule has 1 aromatic carbocycles. The lowest BCUT2D eigenvalue weighted by molar-refractivity contribution is -0.384. The van der Waals surface area contributed by atoms with Gasteiger partial charge in [0.25, 0.3) is 11.6 Å². The molecule has 1 aromatic heterocycles. The van der Waals surface area contributed by atoms with Crippen LogP contribution < -0.4 is 15.5 Å². The number of morpholine rings is 1. The average molecular weight is 418 g/mol. The molecule has 0 spiro atoms. The molecule has 2 aromatic rings. The maximum absolute atomic E-state index is 12.0. The van der Waals surface area contributed by atoms with Crippen molar-refractivity contribution in [3.8, 4) is 0 Å². The summed E-state index contributed by atoms with van der Waals surface area (Å²) in [7, 11) is 1.59. The van der Waals surface area contributed by atoms with Crippen molar-refractivity contribution in [2.75, 3.05) is 36.5 Å². The number of nitro groups is 1. The molecule has 0 saturated carbocycles. The summed E-state index contributed by atoms with van der Waals surface area (Å²) in [5, 5.41) is 27.7. The number of benzene rings is 1. The standard InChI is InChI=1S/C16H18N8O4S/c1-22-20-15(19-21-22)18-16(29)17-14(25)5-3-11-2-4-12(13(10-11)24(26)27)23-6-8-28-9-7-23/h2-5,10H,6-9H2,1H3,(H2,17,18,20,25,29)/b5-3+. The maximum atomic E-state index is 12.0. The Morgan fingerprint density at radius 3 is 2.79 bits per heavy atom. The van der Waals surface area contributed by atoms with Crippen LogP contribution in [0.25, 0.3) is 6.08 Å². The monoisotopic (exact) mass is 418 g/mol. The number of thiocarbonyl (C=S) groups is 1. The van der Waals surface area contributed by atoms with E-state index in [1.807, 2.05) is 4.90 Å². The molecule has 1 amide bonds. The summed E-state index contributed by atoms with van der Waals surface area (Å²) in [6, 6.07) is 4.81. The van der Waals surface area contributed by atoms with Gasteiger partial charge in [-0.25, -0.2) is 0 Å². The first-order chi connectivity index (χ1) is 13.9. The molecule has 1 aliphatic heterocycles. The first-order valence-corrected chi connectivity index (χ1v) is 8.98. The SMILES string of the molecule is Cn1nnc(NC(=S)NC(=O)/C=C/c2ccc(N3CCOCC3)c([N+](=O)[O-])c2)n1. The third-order valence-electron chi connectivity index (χ3n) is 3.95. The van der Waals surface area contributed by atoms with Gasteiger partial charge in [0.05, 0.1) is 25.2 Å². The van der Waals surface area contributed by atoms with Crippen LogP contribution in [0.2, 0.25) is 0 Å². The second-order valence-corrected chi connectivity index (χ2v) is 6.39. The van der Waals surface area contributed by atoms with Gasteiger partial charge in [0.15, 0.2) is 5.11 Å². The molecule has 1 aliphatic rings. The van der Waals surface area contributed by atoms with Gasteiger partial charge in [0, 0.05) is 25.2 Å². The normalized spacial score (nSPS) is 14.0. The Labute approximate surface area is 170 Å². The van der Waals surface area contributed by atoms with Gasteiger partial charge in [0.2, 0.25) is 5.91 Å². The summed E-state index contributed by atoms with van der Waals surface area (Å²) in [4.78, 5) is 26.2. The number of hydrogen-bond acceptors (Lipinski definition) is 9. The van der Waals surface area contributed by atoms with Gasteiger partial charge in [-0.15, -0.1) is 5.10 Å². The van der Waals surface area contributed by atoms with E-state index < -0.39 is 10.8 Å². The Morgan fingerprint density at radius 2 is 2.14 bits per heavy atom. The molecule has 12 nitrogen and oxygen atoms in total. The number of carbonyl (C=O) groups is 1. The Bertz CT molecular complexity index is 954. The lowest BCUT2D eigenvalue weighted by Gasteiger charge is -2.28. The lowest BCUT2D eigenvalue weighted by atomic mass is 10.1. The summed E-state index contributed by atoms with van der Waals surface area (Å²) < 4.78 is 5.29. The zero-order valence-corrected chi connectivity index (χ0v) is 16.3. The van der Waals surface area contributed by atoms with Gasteiger partial charge in [0.1, 0.15) is 5.69 Å². The van der Waals surface area contributed by atoms with Gasteiger partial charge < -0.3 is 9.64 Å². The molecule has 152 valence electrons. The second kappa shape index (κ2) is 9.16. The number of nitro benzene ring substituents is 1. The van der Waals surface area contributed by atoms with Crippen LogP contribution in [-0.2, 0) is 16.6 Å². The number of anilines is 2. The van der Waals surface area contributed by atoms with Crippen LogP contribution in [0.3, 0.4) is 0 Å². The van der Waals surface area contributed by atoms with Gasteiger partial charge in [-0.3, -0.25) is 25.5 Å². The quantitative estimate of drug-likeness (QED) is 0.305. The minimum absolute atomic E-state index is 0.00120. The molecule has 1 saturated heterocycles. The molecule has 0 atom stereocenters. The first kappa shape index (κ1) is 20.3. The number of carbonyl (C=O) groups excluding carboxylic acids is 1. The van der Waals surface area contributed by atoms with E-state index in [2.05, 4.69) is 26.0 Å². The molecule has 0 aliphatic carbocycles. The van der Waals surface area contributed by atoms with E-state index in [-0.39, 0.29) is 16.7 Å². The van der Waals surface area contributed by atoms with Crippen molar-refractivity contribution in [3.05, 3.63) is 40.0 Å². The van der Waals surface area contributed by atoms with E-state index >= 15 is 0 Å². The van der Waals surface area contributed by atoms with E-state index in [0.29, 0.717) is 37.6 Å². The average Bonchev–Trinajstić information content (AvgIpc) is 3.11. The summed E-state index contributed by atoms with van der Waals surface area (Å²) in [6.07, 6.45) is 2.69. The van der Waals surface area contributed by atoms with Crippen LogP contribution in [0, 0.1) is 10.1 Å². The molecular formula is C16H18N8O4S. The van der Waals surface area contributed by atoms with E-state index in [1.54, 1.807) is 19.2 Å². The summed E-state index contributed by atoms with van der Waals surface area (Å²) in [6.45, 7) is 2.22. The van der Waals surface area contributed by atoms with Gasteiger partial charge in [-0.1, -0.05) is 11.2 Å². The Balaban J connectivity index is 1.64. The highest BCUT2D eigenvalue weighted by Crippen LogP contribution is 2.30. The number of aryl methyl sites for hydroxylation is 1. The van der Waals surface area contributed by atoms with E-state index in [9.17, 15) is 14.9 Å². The fourth-order valence-corrected chi connectivity index (χ4v) is 2.85. The van der Waals surface area contributed by atoms with Crippen molar-refractivity contribution >= 4 is 46.6 Å². The molecule has 2 heterocycles. The molecule has 0 unspecified atom stereocenters. The second-order valence-electron chi connectivity index (χ2n) is 5.98. The van der Waals surface area contributed by atoms with Crippen LogP contribution in [0.15, 0.2) is 24.3 Å². The minimum Gasteiger partial charge on any atom is -0.378 e.